The molecule has 0 unspecified atom stereocenters. The van der Waals surface area contributed by atoms with E-state index in [-0.39, 0.29) is 18.4 Å². The Morgan fingerprint density at radius 1 is 1.07 bits per heavy atom. The molecular weight excluding hydrogens is 398 g/mol. The second-order valence-corrected chi connectivity index (χ2v) is 7.65. The first-order valence-corrected chi connectivity index (χ1v) is 10.6. The summed E-state index contributed by atoms with van der Waals surface area (Å²) in [5.41, 5.74) is 2.03. The summed E-state index contributed by atoms with van der Waals surface area (Å²) in [7, 11) is 1.63. The van der Waals surface area contributed by atoms with Gasteiger partial charge < -0.3 is 20.3 Å². The number of thiophene rings is 1. The lowest BCUT2D eigenvalue weighted by Gasteiger charge is -2.24. The molecule has 0 atom stereocenters. The van der Waals surface area contributed by atoms with Crippen LogP contribution in [-0.4, -0.2) is 32.0 Å². The summed E-state index contributed by atoms with van der Waals surface area (Å²) in [5, 5.41) is 7.68. The molecule has 156 valence electrons. The quantitative estimate of drug-likeness (QED) is 0.542. The highest BCUT2D eigenvalue weighted by molar-refractivity contribution is 7.09. The minimum Gasteiger partial charge on any atom is -0.497 e. The van der Waals surface area contributed by atoms with Gasteiger partial charge in [-0.3, -0.25) is 9.59 Å². The molecule has 2 amide bonds. The van der Waals surface area contributed by atoms with Crippen molar-refractivity contribution in [2.45, 2.75) is 13.5 Å². The van der Waals surface area contributed by atoms with Crippen molar-refractivity contribution in [1.82, 2.24) is 5.32 Å². The first-order chi connectivity index (χ1) is 14.6. The number of rotatable bonds is 9. The first-order valence-electron chi connectivity index (χ1n) is 9.68. The van der Waals surface area contributed by atoms with Gasteiger partial charge in [0.25, 0.3) is 5.91 Å². The van der Waals surface area contributed by atoms with E-state index in [2.05, 4.69) is 16.7 Å². The van der Waals surface area contributed by atoms with Gasteiger partial charge in [-0.15, -0.1) is 11.3 Å². The van der Waals surface area contributed by atoms with Crippen molar-refractivity contribution in [3.63, 3.8) is 0 Å². The Morgan fingerprint density at radius 3 is 2.53 bits per heavy atom. The average Bonchev–Trinajstić information content (AvgIpc) is 3.27. The van der Waals surface area contributed by atoms with E-state index in [4.69, 9.17) is 4.74 Å². The molecule has 3 aromatic rings. The summed E-state index contributed by atoms with van der Waals surface area (Å²) < 4.78 is 5.23. The summed E-state index contributed by atoms with van der Waals surface area (Å²) >= 11 is 1.65. The van der Waals surface area contributed by atoms with E-state index in [9.17, 15) is 9.59 Å². The van der Waals surface area contributed by atoms with Crippen molar-refractivity contribution in [3.05, 3.63) is 76.5 Å². The maximum atomic E-state index is 12.8. The highest BCUT2D eigenvalue weighted by Gasteiger charge is 2.14. The van der Waals surface area contributed by atoms with Crippen molar-refractivity contribution < 1.29 is 14.3 Å². The predicted molar refractivity (Wildman–Crippen MR) is 121 cm³/mol. The van der Waals surface area contributed by atoms with Crippen LogP contribution in [0.5, 0.6) is 5.75 Å². The third kappa shape index (κ3) is 5.84. The number of carbonyl (C=O) groups excluding carboxylic acids is 2. The zero-order valence-corrected chi connectivity index (χ0v) is 17.9. The van der Waals surface area contributed by atoms with Gasteiger partial charge in [0.2, 0.25) is 5.91 Å². The molecule has 0 fully saturated rings. The Kier molecular flexibility index (Phi) is 7.45. The molecule has 0 aliphatic carbocycles. The Morgan fingerprint density at radius 2 is 1.87 bits per heavy atom. The van der Waals surface area contributed by atoms with Crippen LogP contribution in [0.25, 0.3) is 0 Å². The summed E-state index contributed by atoms with van der Waals surface area (Å²) in [6, 6.07) is 18.6. The number of amides is 2. The van der Waals surface area contributed by atoms with E-state index in [1.165, 1.54) is 0 Å². The number of anilines is 2. The molecule has 0 bridgehead atoms. The van der Waals surface area contributed by atoms with Crippen LogP contribution in [0.1, 0.15) is 22.2 Å². The number of hydrogen-bond donors (Lipinski definition) is 2. The normalized spacial score (nSPS) is 10.3. The van der Waals surface area contributed by atoms with Crippen LogP contribution in [0.3, 0.4) is 0 Å². The van der Waals surface area contributed by atoms with Gasteiger partial charge in [-0.2, -0.15) is 0 Å². The number of benzene rings is 2. The minimum absolute atomic E-state index is 0.157. The Balaban J connectivity index is 1.72. The van der Waals surface area contributed by atoms with E-state index in [1.54, 1.807) is 42.7 Å². The second kappa shape index (κ2) is 10.5. The van der Waals surface area contributed by atoms with Gasteiger partial charge in [0, 0.05) is 28.4 Å². The number of hydrogen-bond acceptors (Lipinski definition) is 5. The lowest BCUT2D eigenvalue weighted by Crippen LogP contribution is -2.32. The molecule has 7 heteroatoms. The van der Waals surface area contributed by atoms with Crippen LogP contribution < -0.4 is 20.3 Å². The molecule has 1 heterocycles. The molecule has 30 heavy (non-hydrogen) atoms. The Hall–Kier alpha value is -3.32. The third-order valence-electron chi connectivity index (χ3n) is 4.44. The molecule has 0 saturated carbocycles. The van der Waals surface area contributed by atoms with Crippen molar-refractivity contribution in [1.29, 1.82) is 0 Å². The molecule has 6 nitrogen and oxygen atoms in total. The number of nitrogens with one attached hydrogen (secondary N) is 2. The van der Waals surface area contributed by atoms with Gasteiger partial charge in [0.15, 0.2) is 0 Å². The van der Waals surface area contributed by atoms with Crippen LogP contribution in [0.2, 0.25) is 0 Å². The van der Waals surface area contributed by atoms with E-state index >= 15 is 0 Å². The molecule has 3 rings (SSSR count). The number of nitrogens with zero attached hydrogens (tertiary/aromatic N) is 1. The van der Waals surface area contributed by atoms with Crippen molar-refractivity contribution in [3.8, 4) is 5.75 Å². The molecule has 0 aliphatic rings. The van der Waals surface area contributed by atoms with Gasteiger partial charge in [-0.25, -0.2) is 0 Å². The largest absolute Gasteiger partial charge is 0.497 e. The average molecular weight is 424 g/mol. The molecule has 0 radical (unpaired) electrons. The van der Waals surface area contributed by atoms with Gasteiger partial charge in [-0.1, -0.05) is 12.1 Å². The smallest absolute Gasteiger partial charge is 0.251 e. The van der Waals surface area contributed by atoms with Gasteiger partial charge in [0.1, 0.15) is 5.75 Å². The maximum Gasteiger partial charge on any atom is 0.251 e. The Bertz CT molecular complexity index is 972. The van der Waals surface area contributed by atoms with Crippen molar-refractivity contribution in [2.24, 2.45) is 0 Å². The monoisotopic (exact) mass is 423 g/mol. The summed E-state index contributed by atoms with van der Waals surface area (Å²) in [5.74, 6) is 0.447. The topological polar surface area (TPSA) is 70.7 Å². The Labute approximate surface area is 180 Å². The fourth-order valence-corrected chi connectivity index (χ4v) is 3.72. The first kappa shape index (κ1) is 21.4. The standard InChI is InChI=1S/C23H25N3O3S/c1-3-24-23(28)17-6-4-7-18(14-17)25-22(27)16-26(15-21-8-5-13-30-21)19-9-11-20(29-2)12-10-19/h4-14H,3,15-16H2,1-2H3,(H,24,28)(H,25,27). The van der Waals surface area contributed by atoms with Crippen LogP contribution in [0.15, 0.2) is 66.0 Å². The molecule has 0 spiro atoms. The van der Waals surface area contributed by atoms with Gasteiger partial charge in [-0.05, 0) is 60.8 Å². The molecule has 2 aromatic carbocycles. The zero-order chi connectivity index (χ0) is 21.3. The second-order valence-electron chi connectivity index (χ2n) is 6.62. The molecule has 1 aromatic heterocycles. The fourth-order valence-electron chi connectivity index (χ4n) is 3.00. The highest BCUT2D eigenvalue weighted by Crippen LogP contribution is 2.23. The SMILES string of the molecule is CCNC(=O)c1cccc(NC(=O)CN(Cc2cccs2)c2ccc(OC)cc2)c1. The van der Waals surface area contributed by atoms with Crippen LogP contribution in [0.4, 0.5) is 11.4 Å². The summed E-state index contributed by atoms with van der Waals surface area (Å²) in [4.78, 5) is 28.0. The number of methoxy groups -OCH3 is 1. The van der Waals surface area contributed by atoms with Crippen LogP contribution >= 0.6 is 11.3 Å². The van der Waals surface area contributed by atoms with Crippen LogP contribution in [-0.2, 0) is 11.3 Å². The summed E-state index contributed by atoms with van der Waals surface area (Å²) in [6.07, 6.45) is 0. The lowest BCUT2D eigenvalue weighted by atomic mass is 10.2. The fraction of sp³-hybridized carbons (Fsp3) is 0.217. The minimum atomic E-state index is -0.161. The third-order valence-corrected chi connectivity index (χ3v) is 5.31. The van der Waals surface area contributed by atoms with E-state index < -0.39 is 0 Å². The highest BCUT2D eigenvalue weighted by atomic mass is 32.1. The van der Waals surface area contributed by atoms with Crippen molar-refractivity contribution >= 4 is 34.5 Å². The van der Waals surface area contributed by atoms with E-state index in [1.807, 2.05) is 47.5 Å². The lowest BCUT2D eigenvalue weighted by molar-refractivity contribution is -0.115. The predicted octanol–water partition coefficient (Wildman–Crippen LogP) is 4.15. The van der Waals surface area contributed by atoms with Crippen molar-refractivity contribution in [2.75, 3.05) is 30.4 Å². The molecular formula is C23H25N3O3S. The summed E-state index contributed by atoms with van der Waals surface area (Å²) in [6.45, 7) is 3.21. The van der Waals surface area contributed by atoms with Gasteiger partial charge >= 0.3 is 0 Å². The van der Waals surface area contributed by atoms with Crippen LogP contribution in [0, 0.1) is 0 Å². The molecule has 0 aliphatic heterocycles. The van der Waals surface area contributed by atoms with E-state index in [0.29, 0.717) is 24.3 Å². The van der Waals surface area contributed by atoms with Gasteiger partial charge in [0.05, 0.1) is 20.2 Å². The van der Waals surface area contributed by atoms with E-state index in [0.717, 1.165) is 16.3 Å². The number of carbonyl (C=O) groups is 2. The maximum absolute atomic E-state index is 12.8. The number of ether oxygens (including phenoxy) is 1. The zero-order valence-electron chi connectivity index (χ0n) is 17.1. The molecule has 2 N–H and O–H groups in total. The molecule has 0 saturated heterocycles.